The SMILES string of the molecule is COc1cc(/C=c2/sc3n(c2=O)[C@H](c2cccs2)C2=C(N=3)c3ccccc3CC2)cc(I)c1OCc1ccccc1. The van der Waals surface area contributed by atoms with Gasteiger partial charge in [0.2, 0.25) is 0 Å². The van der Waals surface area contributed by atoms with Crippen LogP contribution < -0.4 is 24.4 Å². The molecule has 0 radical (unpaired) electrons. The number of aryl methyl sites for hydroxylation is 1. The van der Waals surface area contributed by atoms with Crippen LogP contribution in [0.4, 0.5) is 0 Å². The summed E-state index contributed by atoms with van der Waals surface area (Å²) in [5.41, 5.74) is 6.69. The fraction of sp³-hybridized carbons (Fsp3) is 0.152. The van der Waals surface area contributed by atoms with E-state index in [1.54, 1.807) is 18.4 Å². The van der Waals surface area contributed by atoms with Crippen LogP contribution in [0.1, 0.15) is 39.6 Å². The lowest BCUT2D eigenvalue weighted by Crippen LogP contribution is -2.38. The fourth-order valence-corrected chi connectivity index (χ4v) is 8.19. The molecule has 1 aliphatic carbocycles. The molecule has 7 rings (SSSR count). The second-order valence-corrected chi connectivity index (χ2v) is 13.1. The maximum atomic E-state index is 14.0. The van der Waals surface area contributed by atoms with Crippen molar-refractivity contribution in [1.82, 2.24) is 4.57 Å². The van der Waals surface area contributed by atoms with E-state index in [1.807, 2.05) is 53.1 Å². The molecule has 3 aromatic carbocycles. The fourth-order valence-electron chi connectivity index (χ4n) is 5.56. The molecule has 2 aromatic heterocycles. The molecule has 3 heterocycles. The lowest BCUT2D eigenvalue weighted by atomic mass is 9.85. The normalized spacial score (nSPS) is 16.0. The highest BCUT2D eigenvalue weighted by Crippen LogP contribution is 2.42. The Labute approximate surface area is 258 Å². The van der Waals surface area contributed by atoms with E-state index >= 15 is 0 Å². The molecule has 204 valence electrons. The number of ether oxygens (including phenoxy) is 2. The first-order valence-corrected chi connectivity index (χ1v) is 16.1. The second kappa shape index (κ2) is 11.1. The van der Waals surface area contributed by atoms with Crippen LogP contribution >= 0.6 is 45.3 Å². The first-order chi connectivity index (χ1) is 20.1. The molecule has 0 N–H and O–H groups in total. The van der Waals surface area contributed by atoms with Crippen LogP contribution in [0, 0.1) is 3.57 Å². The molecular formula is C33H25IN2O3S2. The maximum Gasteiger partial charge on any atom is 0.271 e. The predicted octanol–water partition coefficient (Wildman–Crippen LogP) is 6.57. The van der Waals surface area contributed by atoms with Crippen LogP contribution in [0.25, 0.3) is 11.8 Å². The molecule has 2 aliphatic rings. The van der Waals surface area contributed by atoms with Gasteiger partial charge < -0.3 is 9.47 Å². The van der Waals surface area contributed by atoms with E-state index in [0.29, 0.717) is 22.6 Å². The number of nitrogens with zero attached hydrogens (tertiary/aromatic N) is 2. The number of methoxy groups -OCH3 is 1. The average Bonchev–Trinajstić information content (AvgIpc) is 3.64. The summed E-state index contributed by atoms with van der Waals surface area (Å²) in [6.45, 7) is 0.446. The Morgan fingerprint density at radius 2 is 1.88 bits per heavy atom. The van der Waals surface area contributed by atoms with Crippen molar-refractivity contribution >= 4 is 57.0 Å². The van der Waals surface area contributed by atoms with Gasteiger partial charge >= 0.3 is 0 Å². The molecule has 0 amide bonds. The summed E-state index contributed by atoms with van der Waals surface area (Å²) in [6, 6.07) is 26.6. The van der Waals surface area contributed by atoms with E-state index in [4.69, 9.17) is 14.5 Å². The highest BCUT2D eigenvalue weighted by Gasteiger charge is 2.33. The molecule has 8 heteroatoms. The van der Waals surface area contributed by atoms with Gasteiger partial charge in [-0.2, -0.15) is 0 Å². The van der Waals surface area contributed by atoms with E-state index < -0.39 is 0 Å². The third-order valence-corrected chi connectivity index (χ3v) is 10.2. The van der Waals surface area contributed by atoms with Gasteiger partial charge in [-0.05, 0) is 87.4 Å². The molecule has 5 aromatic rings. The number of allylic oxidation sites excluding steroid dienone is 1. The standard InChI is InChI=1S/C33H25IN2O3S2/c1-38-26-17-21(16-25(34)31(26)39-19-20-8-3-2-4-9-20)18-28-32(37)36-30(27-12-7-15-40-27)24-14-13-22-10-5-6-11-23(22)29(24)35-33(36)41-28/h2-12,15-18,30H,13-14,19H2,1H3/b28-18+/t30-/m0/s1. The maximum absolute atomic E-state index is 14.0. The van der Waals surface area contributed by atoms with Crippen LogP contribution in [0.2, 0.25) is 0 Å². The number of fused-ring (bicyclic) bond motifs is 3. The van der Waals surface area contributed by atoms with Gasteiger partial charge in [-0.3, -0.25) is 9.36 Å². The third-order valence-electron chi connectivity index (χ3n) is 7.46. The Hall–Kier alpha value is -3.47. The average molecular weight is 689 g/mol. The predicted molar refractivity (Wildman–Crippen MR) is 174 cm³/mol. The van der Waals surface area contributed by atoms with Crippen LogP contribution in [0.15, 0.2) is 99.6 Å². The van der Waals surface area contributed by atoms with E-state index in [-0.39, 0.29) is 11.6 Å². The van der Waals surface area contributed by atoms with Crippen molar-refractivity contribution in [2.45, 2.75) is 25.5 Å². The van der Waals surface area contributed by atoms with Gasteiger partial charge in [0, 0.05) is 10.4 Å². The van der Waals surface area contributed by atoms with Crippen LogP contribution in [0.3, 0.4) is 0 Å². The molecule has 0 saturated carbocycles. The minimum atomic E-state index is -0.139. The van der Waals surface area contributed by atoms with Crippen LogP contribution in [-0.2, 0) is 13.0 Å². The molecule has 0 fully saturated rings. The second-order valence-electron chi connectivity index (χ2n) is 9.94. The molecule has 1 aliphatic heterocycles. The number of thiophene rings is 1. The minimum Gasteiger partial charge on any atom is -0.493 e. The van der Waals surface area contributed by atoms with Gasteiger partial charge in [-0.1, -0.05) is 72.0 Å². The lowest BCUT2D eigenvalue weighted by Gasteiger charge is -2.30. The monoisotopic (exact) mass is 688 g/mol. The summed E-state index contributed by atoms with van der Waals surface area (Å²) in [5, 5.41) is 2.08. The quantitative estimate of drug-likeness (QED) is 0.190. The zero-order valence-electron chi connectivity index (χ0n) is 22.2. The van der Waals surface area contributed by atoms with Gasteiger partial charge in [-0.25, -0.2) is 4.99 Å². The summed E-state index contributed by atoms with van der Waals surface area (Å²) in [6.07, 6.45) is 3.79. The van der Waals surface area contributed by atoms with E-state index in [2.05, 4.69) is 64.4 Å². The summed E-state index contributed by atoms with van der Waals surface area (Å²) in [4.78, 5) is 21.0. The van der Waals surface area contributed by atoms with Crippen molar-refractivity contribution < 1.29 is 9.47 Å². The molecule has 0 spiro atoms. The van der Waals surface area contributed by atoms with Crippen molar-refractivity contribution in [2.24, 2.45) is 4.99 Å². The molecule has 0 saturated heterocycles. The smallest absolute Gasteiger partial charge is 0.271 e. The van der Waals surface area contributed by atoms with Gasteiger partial charge in [0.05, 0.1) is 27.0 Å². The Bertz CT molecular complexity index is 1980. The third kappa shape index (κ3) is 4.87. The van der Waals surface area contributed by atoms with Crippen molar-refractivity contribution in [3.8, 4) is 11.5 Å². The Morgan fingerprint density at radius 3 is 2.68 bits per heavy atom. The van der Waals surface area contributed by atoms with Crippen molar-refractivity contribution in [3.63, 3.8) is 0 Å². The van der Waals surface area contributed by atoms with Gasteiger partial charge in [0.1, 0.15) is 6.61 Å². The summed E-state index contributed by atoms with van der Waals surface area (Å²) in [7, 11) is 1.64. The number of benzene rings is 3. The number of thiazole rings is 1. The van der Waals surface area contributed by atoms with E-state index in [9.17, 15) is 4.79 Å². The highest BCUT2D eigenvalue weighted by atomic mass is 127. The van der Waals surface area contributed by atoms with Crippen molar-refractivity contribution in [3.05, 3.63) is 140 Å². The van der Waals surface area contributed by atoms with Crippen LogP contribution in [-0.4, -0.2) is 11.7 Å². The number of hydrogen-bond acceptors (Lipinski definition) is 6. The topological polar surface area (TPSA) is 52.8 Å². The first kappa shape index (κ1) is 26.4. The first-order valence-electron chi connectivity index (χ1n) is 13.3. The van der Waals surface area contributed by atoms with Crippen molar-refractivity contribution in [2.75, 3.05) is 7.11 Å². The lowest BCUT2D eigenvalue weighted by molar-refractivity contribution is 0.282. The van der Waals surface area contributed by atoms with Gasteiger partial charge in [0.25, 0.3) is 5.56 Å². The molecular weight excluding hydrogens is 663 g/mol. The minimum absolute atomic E-state index is 0.0177. The zero-order valence-corrected chi connectivity index (χ0v) is 26.0. The van der Waals surface area contributed by atoms with Gasteiger partial charge in [-0.15, -0.1) is 11.3 Å². The molecule has 0 unspecified atom stereocenters. The highest BCUT2D eigenvalue weighted by molar-refractivity contribution is 14.1. The molecule has 0 bridgehead atoms. The number of halogens is 1. The van der Waals surface area contributed by atoms with E-state index in [1.165, 1.54) is 28.0 Å². The summed E-state index contributed by atoms with van der Waals surface area (Å²) < 4.78 is 15.3. The number of rotatable bonds is 6. The largest absolute Gasteiger partial charge is 0.493 e. The van der Waals surface area contributed by atoms with Crippen molar-refractivity contribution in [1.29, 1.82) is 0 Å². The Kier molecular flexibility index (Phi) is 7.14. The summed E-state index contributed by atoms with van der Waals surface area (Å²) in [5.74, 6) is 1.33. The molecule has 41 heavy (non-hydrogen) atoms. The summed E-state index contributed by atoms with van der Waals surface area (Å²) >= 11 is 5.40. The van der Waals surface area contributed by atoms with E-state index in [0.717, 1.165) is 42.9 Å². The zero-order chi connectivity index (χ0) is 27.9. The number of hydrogen-bond donors (Lipinski definition) is 0. The number of aromatic nitrogens is 1. The molecule has 1 atom stereocenters. The van der Waals surface area contributed by atoms with Gasteiger partial charge in [0.15, 0.2) is 16.3 Å². The molecule has 5 nitrogen and oxygen atoms in total. The Morgan fingerprint density at radius 1 is 1.05 bits per heavy atom. The van der Waals surface area contributed by atoms with Crippen LogP contribution in [0.5, 0.6) is 11.5 Å². The Balaban J connectivity index is 1.32.